The molecule has 4 heteroatoms. The van der Waals surface area contributed by atoms with Gasteiger partial charge in [-0.2, -0.15) is 0 Å². The zero-order chi connectivity index (χ0) is 8.27. The molecule has 0 aliphatic rings. The van der Waals surface area contributed by atoms with Crippen LogP contribution in [0.15, 0.2) is 30.3 Å². The average molecular weight is 291 g/mol. The summed E-state index contributed by atoms with van der Waals surface area (Å²) in [6.45, 7) is 0. The number of hydrogen-bond donors (Lipinski definition) is 2. The minimum Gasteiger partial charge on any atom is -1.00 e. The van der Waals surface area contributed by atoms with Crippen molar-refractivity contribution in [2.24, 2.45) is 0 Å². The van der Waals surface area contributed by atoms with Crippen LogP contribution in [0.3, 0.4) is 0 Å². The second-order valence-electron chi connectivity index (χ2n) is 2.15. The first-order valence-electron chi connectivity index (χ1n) is 3.17. The van der Waals surface area contributed by atoms with Crippen LogP contribution in [0.1, 0.15) is 14.5 Å². The SMILES string of the molecule is O=C(O)[C@H](O)c1ccccc1.[Ba+2].[H-].[H-]. The maximum Gasteiger partial charge on any atom is 2.00 e. The van der Waals surface area contributed by atoms with Gasteiger partial charge < -0.3 is 13.1 Å². The van der Waals surface area contributed by atoms with Crippen LogP contribution < -0.4 is 0 Å². The number of carboxylic acid groups (broad SMARTS) is 1. The van der Waals surface area contributed by atoms with E-state index in [9.17, 15) is 4.79 Å². The number of carboxylic acids is 1. The van der Waals surface area contributed by atoms with Gasteiger partial charge in [-0.25, -0.2) is 4.79 Å². The van der Waals surface area contributed by atoms with Crippen molar-refractivity contribution in [3.05, 3.63) is 35.9 Å². The number of aliphatic carboxylic acids is 1. The molecule has 1 atom stereocenters. The second-order valence-corrected chi connectivity index (χ2v) is 2.15. The molecule has 0 amide bonds. The van der Waals surface area contributed by atoms with E-state index in [4.69, 9.17) is 10.2 Å². The van der Waals surface area contributed by atoms with Crippen LogP contribution in [0.4, 0.5) is 0 Å². The zero-order valence-electron chi connectivity index (χ0n) is 8.47. The van der Waals surface area contributed by atoms with Crippen LogP contribution in [0, 0.1) is 0 Å². The van der Waals surface area contributed by atoms with Crippen molar-refractivity contribution in [3.8, 4) is 0 Å². The Morgan fingerprint density at radius 1 is 1.33 bits per heavy atom. The summed E-state index contributed by atoms with van der Waals surface area (Å²) in [5.74, 6) is -1.23. The molecule has 0 saturated carbocycles. The summed E-state index contributed by atoms with van der Waals surface area (Å²) in [4.78, 5) is 10.2. The Kier molecular flexibility index (Phi) is 5.90. The molecule has 0 unspecified atom stereocenters. The predicted molar refractivity (Wildman–Crippen MR) is 47.0 cm³/mol. The van der Waals surface area contributed by atoms with Gasteiger partial charge in [0, 0.05) is 0 Å². The fourth-order valence-corrected chi connectivity index (χ4v) is 0.778. The molecule has 0 fully saturated rings. The number of benzene rings is 1. The Hall–Kier alpha value is 0.221. The van der Waals surface area contributed by atoms with Crippen molar-refractivity contribution in [1.82, 2.24) is 0 Å². The molecule has 0 spiro atoms. The average Bonchev–Trinajstić information content (AvgIpc) is 2.05. The quantitative estimate of drug-likeness (QED) is 0.787. The van der Waals surface area contributed by atoms with E-state index >= 15 is 0 Å². The topological polar surface area (TPSA) is 57.5 Å². The molecule has 0 aromatic heterocycles. The molecule has 1 rings (SSSR count). The first-order valence-corrected chi connectivity index (χ1v) is 3.17. The number of carbonyl (C=O) groups is 1. The van der Waals surface area contributed by atoms with Crippen LogP contribution in [-0.2, 0) is 4.79 Å². The molecule has 0 heterocycles. The molecule has 0 aliphatic carbocycles. The monoisotopic (exact) mass is 292 g/mol. The van der Waals surface area contributed by atoms with Gasteiger partial charge in [-0.3, -0.25) is 0 Å². The van der Waals surface area contributed by atoms with E-state index in [-0.39, 0.29) is 51.7 Å². The van der Waals surface area contributed by atoms with Gasteiger partial charge in [0.05, 0.1) is 0 Å². The van der Waals surface area contributed by atoms with Gasteiger partial charge in [0.1, 0.15) is 0 Å². The van der Waals surface area contributed by atoms with Crippen LogP contribution in [-0.4, -0.2) is 65.1 Å². The Morgan fingerprint density at radius 3 is 2.25 bits per heavy atom. The molecule has 12 heavy (non-hydrogen) atoms. The van der Waals surface area contributed by atoms with Crippen LogP contribution in [0.2, 0.25) is 0 Å². The summed E-state index contributed by atoms with van der Waals surface area (Å²) in [6.07, 6.45) is -1.41. The first kappa shape index (κ1) is 12.2. The van der Waals surface area contributed by atoms with Gasteiger partial charge in [-0.05, 0) is 5.56 Å². The largest absolute Gasteiger partial charge is 2.00 e. The van der Waals surface area contributed by atoms with E-state index in [1.165, 1.54) is 0 Å². The van der Waals surface area contributed by atoms with Crippen LogP contribution in [0.25, 0.3) is 0 Å². The van der Waals surface area contributed by atoms with Crippen molar-refractivity contribution >= 4 is 54.9 Å². The number of aliphatic hydroxyl groups excluding tert-OH is 1. The van der Waals surface area contributed by atoms with E-state index in [0.29, 0.717) is 5.56 Å². The number of hydrogen-bond acceptors (Lipinski definition) is 2. The molecule has 3 nitrogen and oxygen atoms in total. The molecule has 0 radical (unpaired) electrons. The third kappa shape index (κ3) is 3.30. The van der Waals surface area contributed by atoms with Crippen molar-refractivity contribution in [3.63, 3.8) is 0 Å². The number of rotatable bonds is 2. The standard InChI is InChI=1S/C8H8O3.Ba.2H/c9-7(8(10)11)6-4-2-1-3-5-6;;;/h1-5,7,9H,(H,10,11);;;/q;+2;2*-1/t7-;;;/m1.../s1. The van der Waals surface area contributed by atoms with Crippen molar-refractivity contribution in [2.45, 2.75) is 6.10 Å². The Labute approximate surface area is 113 Å². The summed E-state index contributed by atoms with van der Waals surface area (Å²) >= 11 is 0. The molecule has 1 aromatic carbocycles. The summed E-state index contributed by atoms with van der Waals surface area (Å²) in [5.41, 5.74) is 0.403. The predicted octanol–water partition coefficient (Wildman–Crippen LogP) is 0.649. The van der Waals surface area contributed by atoms with Crippen molar-refractivity contribution in [2.75, 3.05) is 0 Å². The minimum atomic E-state index is -1.41. The Bertz CT molecular complexity index is 256. The van der Waals surface area contributed by atoms with Crippen molar-refractivity contribution < 1.29 is 17.9 Å². The summed E-state index contributed by atoms with van der Waals surface area (Å²) in [7, 11) is 0. The fraction of sp³-hybridized carbons (Fsp3) is 0.125. The van der Waals surface area contributed by atoms with E-state index in [1.807, 2.05) is 0 Å². The maximum atomic E-state index is 10.2. The molecule has 0 bridgehead atoms. The van der Waals surface area contributed by atoms with E-state index in [1.54, 1.807) is 30.3 Å². The van der Waals surface area contributed by atoms with Crippen LogP contribution >= 0.6 is 0 Å². The molecule has 2 N–H and O–H groups in total. The normalized spacial score (nSPS) is 11.4. The second kappa shape index (κ2) is 5.80. The summed E-state index contributed by atoms with van der Waals surface area (Å²) in [6, 6.07) is 8.26. The Balaban J connectivity index is -0.000000403. The number of aliphatic hydroxyl groups is 1. The third-order valence-electron chi connectivity index (χ3n) is 1.35. The molecule has 0 saturated heterocycles. The fourth-order valence-electron chi connectivity index (χ4n) is 0.778. The first-order chi connectivity index (χ1) is 5.22. The van der Waals surface area contributed by atoms with E-state index in [0.717, 1.165) is 0 Å². The Morgan fingerprint density at radius 2 is 1.83 bits per heavy atom. The van der Waals surface area contributed by atoms with Gasteiger partial charge in [-0.15, -0.1) is 0 Å². The van der Waals surface area contributed by atoms with Crippen LogP contribution in [0.5, 0.6) is 0 Å². The minimum absolute atomic E-state index is 0. The molecular weight excluding hydrogens is 281 g/mol. The molecule has 62 valence electrons. The van der Waals surface area contributed by atoms with E-state index < -0.39 is 12.1 Å². The smallest absolute Gasteiger partial charge is 1.00 e. The molecular formula is C8H10BaO3. The summed E-state index contributed by atoms with van der Waals surface area (Å²) < 4.78 is 0. The van der Waals surface area contributed by atoms with Gasteiger partial charge in [0.2, 0.25) is 0 Å². The molecule has 0 aliphatic heterocycles. The molecule has 1 aromatic rings. The van der Waals surface area contributed by atoms with Gasteiger partial charge in [0.15, 0.2) is 6.10 Å². The van der Waals surface area contributed by atoms with Crippen molar-refractivity contribution in [1.29, 1.82) is 0 Å². The zero-order valence-corrected chi connectivity index (χ0v) is 10.9. The van der Waals surface area contributed by atoms with Gasteiger partial charge in [-0.1, -0.05) is 30.3 Å². The third-order valence-corrected chi connectivity index (χ3v) is 1.35. The van der Waals surface area contributed by atoms with Gasteiger partial charge >= 0.3 is 54.9 Å². The maximum absolute atomic E-state index is 10.2. The van der Waals surface area contributed by atoms with Gasteiger partial charge in [0.25, 0.3) is 0 Å². The summed E-state index contributed by atoms with van der Waals surface area (Å²) in [5, 5.41) is 17.4. The van der Waals surface area contributed by atoms with E-state index in [2.05, 4.69) is 0 Å².